The maximum atomic E-state index is 7.57. The first-order valence-corrected chi connectivity index (χ1v) is 10.8. The van der Waals surface area contributed by atoms with Gasteiger partial charge in [0.05, 0.1) is 28.7 Å². The van der Waals surface area contributed by atoms with Crippen molar-refractivity contribution in [1.82, 2.24) is 0 Å². The topological polar surface area (TPSA) is 11.5 Å². The molecule has 3 nitrogen and oxygen atoms in total. The molecule has 0 unspecified atom stereocenters. The Balaban J connectivity index is 1.91. The Kier molecular flexibility index (Phi) is 4.14. The SMILES string of the molecule is [C-]#[N+]C(C)(C)Cc1cc2c3c([n+](C)ccc3c1)-c1c(c(C)c3ccccc3c1C)N2C. The lowest BCUT2D eigenvalue weighted by Gasteiger charge is -2.32. The van der Waals surface area contributed by atoms with Gasteiger partial charge in [0.15, 0.2) is 6.20 Å². The highest BCUT2D eigenvalue weighted by Crippen LogP contribution is 2.50. The van der Waals surface area contributed by atoms with Gasteiger partial charge in [0, 0.05) is 27.0 Å². The average molecular weight is 407 g/mol. The van der Waals surface area contributed by atoms with Crippen LogP contribution in [-0.2, 0) is 13.5 Å². The van der Waals surface area contributed by atoms with E-state index < -0.39 is 5.54 Å². The van der Waals surface area contributed by atoms with E-state index in [0.29, 0.717) is 0 Å². The number of rotatable bonds is 2. The van der Waals surface area contributed by atoms with Gasteiger partial charge in [0.2, 0.25) is 11.2 Å². The number of hydrogen-bond acceptors (Lipinski definition) is 1. The molecule has 0 fully saturated rings. The van der Waals surface area contributed by atoms with Crippen molar-refractivity contribution >= 4 is 32.9 Å². The zero-order valence-corrected chi connectivity index (χ0v) is 19.2. The number of fused-ring (bicyclic) bond motifs is 3. The van der Waals surface area contributed by atoms with E-state index in [-0.39, 0.29) is 0 Å². The molecule has 0 amide bonds. The number of pyridine rings is 1. The molecule has 3 aromatic carbocycles. The number of benzene rings is 3. The lowest BCUT2D eigenvalue weighted by atomic mass is 9.85. The van der Waals surface area contributed by atoms with Crippen molar-refractivity contribution in [3.8, 4) is 11.3 Å². The Labute approximate surface area is 184 Å². The summed E-state index contributed by atoms with van der Waals surface area (Å²) in [5, 5.41) is 5.17. The molecule has 2 heterocycles. The van der Waals surface area contributed by atoms with Crippen molar-refractivity contribution in [2.24, 2.45) is 7.05 Å². The number of aryl methyl sites for hydroxylation is 3. The van der Waals surface area contributed by atoms with Crippen molar-refractivity contribution in [2.45, 2.75) is 39.7 Å². The molecule has 4 aromatic rings. The fraction of sp³-hybridized carbons (Fsp3) is 0.286. The number of aromatic nitrogens is 1. The molecule has 3 heteroatoms. The van der Waals surface area contributed by atoms with Crippen LogP contribution in [0.1, 0.15) is 30.5 Å². The van der Waals surface area contributed by atoms with Crippen LogP contribution in [0.15, 0.2) is 48.7 Å². The Bertz CT molecular complexity index is 1440. The van der Waals surface area contributed by atoms with Crippen LogP contribution in [0.25, 0.3) is 37.6 Å². The highest BCUT2D eigenvalue weighted by molar-refractivity contribution is 6.14. The zero-order chi connectivity index (χ0) is 22.1. The van der Waals surface area contributed by atoms with Gasteiger partial charge in [0.25, 0.3) is 0 Å². The van der Waals surface area contributed by atoms with Gasteiger partial charge in [0.1, 0.15) is 7.05 Å². The molecule has 154 valence electrons. The molecule has 0 aliphatic carbocycles. The fourth-order valence-corrected chi connectivity index (χ4v) is 5.34. The molecule has 5 rings (SSSR count). The van der Waals surface area contributed by atoms with Crippen LogP contribution < -0.4 is 9.47 Å². The predicted octanol–water partition coefficient (Wildman–Crippen LogP) is 6.42. The van der Waals surface area contributed by atoms with Gasteiger partial charge < -0.3 is 9.74 Å². The minimum absolute atomic E-state index is 0.406. The fourth-order valence-electron chi connectivity index (χ4n) is 5.34. The van der Waals surface area contributed by atoms with E-state index in [1.54, 1.807) is 0 Å². The smallest absolute Gasteiger partial charge is 0.231 e. The van der Waals surface area contributed by atoms with Crippen molar-refractivity contribution in [1.29, 1.82) is 0 Å². The monoisotopic (exact) mass is 406 g/mol. The molecular weight excluding hydrogens is 378 g/mol. The van der Waals surface area contributed by atoms with E-state index in [4.69, 9.17) is 6.57 Å². The van der Waals surface area contributed by atoms with E-state index in [2.05, 4.69) is 90.9 Å². The summed E-state index contributed by atoms with van der Waals surface area (Å²) in [6.45, 7) is 16.1. The third-order valence-corrected chi connectivity index (χ3v) is 6.85. The summed E-state index contributed by atoms with van der Waals surface area (Å²) in [4.78, 5) is 6.21. The summed E-state index contributed by atoms with van der Waals surface area (Å²) in [6, 6.07) is 15.5. The third kappa shape index (κ3) is 2.75. The van der Waals surface area contributed by atoms with Gasteiger partial charge in [-0.2, -0.15) is 0 Å². The quantitative estimate of drug-likeness (QED) is 0.276. The van der Waals surface area contributed by atoms with Crippen LogP contribution in [0, 0.1) is 20.4 Å². The van der Waals surface area contributed by atoms with Crippen molar-refractivity contribution in [3.05, 3.63) is 76.8 Å². The van der Waals surface area contributed by atoms with Gasteiger partial charge in [-0.25, -0.2) is 11.1 Å². The number of hydrogen-bond donors (Lipinski definition) is 0. The van der Waals surface area contributed by atoms with Crippen molar-refractivity contribution < 1.29 is 4.57 Å². The second-order valence-electron chi connectivity index (χ2n) is 9.53. The Hall–Kier alpha value is -3.38. The van der Waals surface area contributed by atoms with E-state index in [0.717, 1.165) is 6.42 Å². The van der Waals surface area contributed by atoms with Gasteiger partial charge in [-0.1, -0.05) is 30.3 Å². The maximum absolute atomic E-state index is 7.57. The van der Waals surface area contributed by atoms with Gasteiger partial charge in [-0.15, -0.1) is 0 Å². The van der Waals surface area contributed by atoms with Crippen LogP contribution in [0.3, 0.4) is 0 Å². The highest BCUT2D eigenvalue weighted by Gasteiger charge is 2.34. The minimum Gasteiger partial charge on any atom is -0.343 e. The summed E-state index contributed by atoms with van der Waals surface area (Å²) in [6.07, 6.45) is 2.91. The molecule has 31 heavy (non-hydrogen) atoms. The summed E-state index contributed by atoms with van der Waals surface area (Å²) >= 11 is 0. The molecule has 0 saturated carbocycles. The summed E-state index contributed by atoms with van der Waals surface area (Å²) in [7, 11) is 4.34. The molecule has 1 aromatic heterocycles. The Morgan fingerprint density at radius 3 is 2.39 bits per heavy atom. The molecule has 0 spiro atoms. The van der Waals surface area contributed by atoms with Gasteiger partial charge in [-0.05, 0) is 52.8 Å². The molecular formula is C28H28N3+. The number of nitrogens with zero attached hydrogens (tertiary/aromatic N) is 3. The molecule has 0 bridgehead atoms. The van der Waals surface area contributed by atoms with E-state index in [9.17, 15) is 0 Å². The van der Waals surface area contributed by atoms with Crippen LogP contribution in [-0.4, -0.2) is 12.6 Å². The molecule has 1 aliphatic heterocycles. The van der Waals surface area contributed by atoms with E-state index in [1.165, 1.54) is 60.9 Å². The first-order valence-electron chi connectivity index (χ1n) is 10.8. The van der Waals surface area contributed by atoms with Gasteiger partial charge in [-0.3, -0.25) is 0 Å². The van der Waals surface area contributed by atoms with Crippen LogP contribution in [0.5, 0.6) is 0 Å². The normalized spacial score (nSPS) is 12.9. The molecule has 0 saturated heterocycles. The summed E-state index contributed by atoms with van der Waals surface area (Å²) in [5.74, 6) is 0. The summed E-state index contributed by atoms with van der Waals surface area (Å²) in [5.41, 5.74) is 8.57. The first kappa shape index (κ1) is 19.6. The molecule has 1 aliphatic rings. The second kappa shape index (κ2) is 6.56. The Morgan fingerprint density at radius 2 is 1.71 bits per heavy atom. The van der Waals surface area contributed by atoms with Crippen molar-refractivity contribution in [2.75, 3.05) is 11.9 Å². The van der Waals surface area contributed by atoms with E-state index in [1.807, 2.05) is 13.8 Å². The van der Waals surface area contributed by atoms with Gasteiger partial charge >= 0.3 is 0 Å². The summed E-state index contributed by atoms with van der Waals surface area (Å²) < 4.78 is 2.27. The van der Waals surface area contributed by atoms with Crippen LogP contribution >= 0.6 is 0 Å². The van der Waals surface area contributed by atoms with Crippen molar-refractivity contribution in [3.63, 3.8) is 0 Å². The third-order valence-electron chi connectivity index (χ3n) is 6.85. The van der Waals surface area contributed by atoms with E-state index >= 15 is 0 Å². The standard InChI is InChI=1S/C28H28N3/c1-17-21-10-8-9-11-22(21)18(2)26-24(17)27-25-20(12-13-30(27)6)14-19(15-23(25)31(26)7)16-28(3,4)29-5/h8-15H,16H2,1-4,6-7H3/q+1. The lowest BCUT2D eigenvalue weighted by Crippen LogP contribution is -2.34. The predicted molar refractivity (Wildman–Crippen MR) is 130 cm³/mol. The largest absolute Gasteiger partial charge is 0.343 e. The molecule has 0 atom stereocenters. The van der Waals surface area contributed by atoms with Crippen LogP contribution in [0.2, 0.25) is 0 Å². The van der Waals surface area contributed by atoms with Crippen LogP contribution in [0.4, 0.5) is 11.4 Å². The highest BCUT2D eigenvalue weighted by atomic mass is 15.1. The Morgan fingerprint density at radius 1 is 1.03 bits per heavy atom. The minimum atomic E-state index is -0.406. The maximum Gasteiger partial charge on any atom is 0.231 e. The second-order valence-corrected chi connectivity index (χ2v) is 9.53. The lowest BCUT2D eigenvalue weighted by molar-refractivity contribution is -0.659. The zero-order valence-electron chi connectivity index (χ0n) is 19.2. The first-order chi connectivity index (χ1) is 14.7. The number of anilines is 2. The molecule has 0 radical (unpaired) electrons. The average Bonchev–Trinajstić information content (AvgIpc) is 2.75. The molecule has 0 N–H and O–H groups in total.